The van der Waals surface area contributed by atoms with Crippen molar-refractivity contribution in [1.82, 2.24) is 34.6 Å². The molecule has 1 saturated heterocycles. The number of aryl methyl sites for hydroxylation is 1. The Kier molecular flexibility index (Phi) is 4.88. The van der Waals surface area contributed by atoms with Gasteiger partial charge in [0.15, 0.2) is 5.69 Å². The third-order valence-corrected chi connectivity index (χ3v) is 6.47. The van der Waals surface area contributed by atoms with Crippen molar-refractivity contribution in [2.24, 2.45) is 0 Å². The maximum absolute atomic E-state index is 12.9. The van der Waals surface area contributed by atoms with Crippen molar-refractivity contribution < 1.29 is 19.2 Å². The van der Waals surface area contributed by atoms with Crippen molar-refractivity contribution in [1.29, 1.82) is 0 Å². The molecule has 0 spiro atoms. The summed E-state index contributed by atoms with van der Waals surface area (Å²) in [6.07, 6.45) is 5.38. The molecule has 3 aromatic heterocycles. The Morgan fingerprint density at radius 1 is 1.19 bits per heavy atom. The van der Waals surface area contributed by atoms with Crippen LogP contribution in [0.4, 0.5) is 5.82 Å². The van der Waals surface area contributed by atoms with Gasteiger partial charge in [0.2, 0.25) is 11.8 Å². The van der Waals surface area contributed by atoms with Crippen LogP contribution < -0.4 is 10.6 Å². The highest BCUT2D eigenvalue weighted by Crippen LogP contribution is 2.29. The summed E-state index contributed by atoms with van der Waals surface area (Å²) in [6, 6.07) is 8.28. The van der Waals surface area contributed by atoms with Gasteiger partial charge in [0.1, 0.15) is 17.5 Å². The number of amides is 4. The van der Waals surface area contributed by atoms with E-state index in [4.69, 9.17) is 0 Å². The van der Waals surface area contributed by atoms with Gasteiger partial charge in [-0.2, -0.15) is 0 Å². The number of pyridine rings is 1. The lowest BCUT2D eigenvalue weighted by Gasteiger charge is -2.29. The summed E-state index contributed by atoms with van der Waals surface area (Å²) in [5.74, 6) is -0.971. The summed E-state index contributed by atoms with van der Waals surface area (Å²) in [7, 11) is 0. The van der Waals surface area contributed by atoms with Crippen LogP contribution in [0.3, 0.4) is 0 Å². The molecule has 180 valence electrons. The number of imidazole rings is 1. The van der Waals surface area contributed by atoms with Crippen LogP contribution in [0.2, 0.25) is 0 Å². The van der Waals surface area contributed by atoms with Gasteiger partial charge in [0.25, 0.3) is 11.8 Å². The van der Waals surface area contributed by atoms with Gasteiger partial charge in [-0.15, -0.1) is 5.10 Å². The molecule has 5 heterocycles. The number of carbonyl (C=O) groups is 4. The minimum atomic E-state index is -0.684. The van der Waals surface area contributed by atoms with Crippen molar-refractivity contribution in [3.8, 4) is 5.69 Å². The number of benzene rings is 1. The normalized spacial score (nSPS) is 17.4. The van der Waals surface area contributed by atoms with Crippen LogP contribution in [0.15, 0.2) is 48.9 Å². The van der Waals surface area contributed by atoms with Crippen LogP contribution in [0.25, 0.3) is 11.3 Å². The molecule has 1 atom stereocenters. The number of piperidine rings is 1. The van der Waals surface area contributed by atoms with Gasteiger partial charge in [-0.25, -0.2) is 9.67 Å². The molecule has 2 aliphatic rings. The van der Waals surface area contributed by atoms with Crippen LogP contribution in [-0.4, -0.2) is 58.9 Å². The number of hydrogen-bond donors (Lipinski definition) is 2. The van der Waals surface area contributed by atoms with E-state index in [2.05, 4.69) is 25.9 Å². The Morgan fingerprint density at radius 3 is 2.89 bits per heavy atom. The third-order valence-electron chi connectivity index (χ3n) is 6.47. The summed E-state index contributed by atoms with van der Waals surface area (Å²) in [6.45, 7) is 2.18. The van der Waals surface area contributed by atoms with E-state index in [1.54, 1.807) is 28.8 Å². The van der Waals surface area contributed by atoms with Gasteiger partial charge >= 0.3 is 0 Å². The number of fused-ring (bicyclic) bond motifs is 2. The van der Waals surface area contributed by atoms with Crippen LogP contribution in [0.5, 0.6) is 0 Å². The van der Waals surface area contributed by atoms with E-state index in [9.17, 15) is 19.2 Å². The smallest absolute Gasteiger partial charge is 0.279 e. The van der Waals surface area contributed by atoms with Gasteiger partial charge in [-0.3, -0.25) is 28.9 Å². The van der Waals surface area contributed by atoms with Crippen molar-refractivity contribution >= 4 is 35.1 Å². The second kappa shape index (κ2) is 8.12. The van der Waals surface area contributed by atoms with Crippen molar-refractivity contribution in [3.63, 3.8) is 0 Å². The van der Waals surface area contributed by atoms with Crippen LogP contribution in [-0.2, 0) is 16.1 Å². The molecule has 12 nitrogen and oxygen atoms in total. The second-order valence-corrected chi connectivity index (χ2v) is 8.77. The second-order valence-electron chi connectivity index (χ2n) is 8.77. The molecule has 0 bridgehead atoms. The Labute approximate surface area is 203 Å². The molecule has 12 heteroatoms. The van der Waals surface area contributed by atoms with Crippen molar-refractivity contribution in [2.75, 3.05) is 5.32 Å². The fourth-order valence-corrected chi connectivity index (χ4v) is 4.62. The van der Waals surface area contributed by atoms with Crippen LogP contribution in [0, 0.1) is 6.92 Å². The number of nitrogens with zero attached hydrogens (tertiary/aromatic N) is 6. The average Bonchev–Trinajstić information content (AvgIpc) is 3.58. The van der Waals surface area contributed by atoms with E-state index in [0.29, 0.717) is 23.5 Å². The minimum absolute atomic E-state index is 0.111. The van der Waals surface area contributed by atoms with E-state index < -0.39 is 17.9 Å². The number of hydrogen-bond acceptors (Lipinski definition) is 7. The molecule has 6 rings (SSSR count). The summed E-state index contributed by atoms with van der Waals surface area (Å²) < 4.78 is 3.23. The topological polar surface area (TPSA) is 144 Å². The quantitative estimate of drug-likeness (QED) is 0.415. The van der Waals surface area contributed by atoms with E-state index >= 15 is 0 Å². The van der Waals surface area contributed by atoms with Gasteiger partial charge in [0.05, 0.1) is 18.1 Å². The van der Waals surface area contributed by atoms with E-state index in [-0.39, 0.29) is 30.5 Å². The third kappa shape index (κ3) is 3.50. The van der Waals surface area contributed by atoms with Crippen molar-refractivity contribution in [2.45, 2.75) is 32.4 Å². The highest BCUT2D eigenvalue weighted by atomic mass is 16.2. The molecule has 1 unspecified atom stereocenters. The van der Waals surface area contributed by atoms with Gasteiger partial charge in [0, 0.05) is 24.7 Å². The predicted molar refractivity (Wildman–Crippen MR) is 125 cm³/mol. The first-order chi connectivity index (χ1) is 17.4. The largest absolute Gasteiger partial charge is 0.322 e. The lowest BCUT2D eigenvalue weighted by atomic mass is 10.0. The molecule has 2 N–H and O–H groups in total. The fraction of sp³-hybridized carbons (Fsp3) is 0.208. The first kappa shape index (κ1) is 21.6. The average molecular weight is 484 g/mol. The molecule has 1 fully saturated rings. The van der Waals surface area contributed by atoms with E-state index in [0.717, 1.165) is 16.8 Å². The molecule has 0 saturated carbocycles. The predicted octanol–water partition coefficient (Wildman–Crippen LogP) is 1.24. The molecule has 0 radical (unpaired) electrons. The molecule has 4 aromatic rings. The number of nitrogens with one attached hydrogen (secondary N) is 2. The number of aromatic nitrogens is 5. The number of rotatable bonds is 4. The molecule has 36 heavy (non-hydrogen) atoms. The molecule has 0 aliphatic carbocycles. The maximum atomic E-state index is 12.9. The van der Waals surface area contributed by atoms with Gasteiger partial charge < -0.3 is 10.2 Å². The lowest BCUT2D eigenvalue weighted by molar-refractivity contribution is -0.136. The Hall–Kier alpha value is -4.87. The monoisotopic (exact) mass is 484 g/mol. The summed E-state index contributed by atoms with van der Waals surface area (Å²) in [5.41, 5.74) is 3.67. The fourth-order valence-electron chi connectivity index (χ4n) is 4.62. The van der Waals surface area contributed by atoms with Crippen LogP contribution >= 0.6 is 0 Å². The SMILES string of the molecule is Cc1cccn2c(NC(=O)c3cn(-c4ccc5c(c4)CN(C4CCC(=O)NC4=O)C5=O)nn3)cnc12. The highest BCUT2D eigenvalue weighted by Gasteiger charge is 2.39. The Balaban J connectivity index is 1.21. The first-order valence-corrected chi connectivity index (χ1v) is 11.3. The van der Waals surface area contributed by atoms with E-state index in [1.165, 1.54) is 15.8 Å². The zero-order valence-electron chi connectivity index (χ0n) is 19.1. The number of carbonyl (C=O) groups excluding carboxylic acids is 4. The minimum Gasteiger partial charge on any atom is -0.322 e. The summed E-state index contributed by atoms with van der Waals surface area (Å²) in [4.78, 5) is 55.2. The molecular formula is C24H20N8O4. The van der Waals surface area contributed by atoms with Gasteiger partial charge in [-0.1, -0.05) is 11.3 Å². The Morgan fingerprint density at radius 2 is 2.06 bits per heavy atom. The number of anilines is 1. The first-order valence-electron chi connectivity index (χ1n) is 11.3. The number of imide groups is 1. The summed E-state index contributed by atoms with van der Waals surface area (Å²) >= 11 is 0. The van der Waals surface area contributed by atoms with Crippen LogP contribution in [0.1, 0.15) is 44.8 Å². The molecule has 2 aliphatic heterocycles. The highest BCUT2D eigenvalue weighted by molar-refractivity contribution is 6.05. The van der Waals surface area contributed by atoms with Gasteiger partial charge in [-0.05, 0) is 48.7 Å². The molecular weight excluding hydrogens is 464 g/mol. The summed E-state index contributed by atoms with van der Waals surface area (Å²) in [5, 5.41) is 13.2. The lowest BCUT2D eigenvalue weighted by Crippen LogP contribution is -2.52. The Bertz CT molecular complexity index is 1590. The molecule has 4 amide bonds. The van der Waals surface area contributed by atoms with Crippen molar-refractivity contribution in [3.05, 3.63) is 71.3 Å². The zero-order valence-corrected chi connectivity index (χ0v) is 19.1. The van der Waals surface area contributed by atoms with E-state index in [1.807, 2.05) is 25.3 Å². The zero-order chi connectivity index (χ0) is 25.0. The maximum Gasteiger partial charge on any atom is 0.279 e. The molecule has 1 aromatic carbocycles. The standard InChI is InChI=1S/C24H20N8O4/c1-13-3-2-8-30-19(10-25-21(13)30)26-22(34)17-12-32(29-28-17)15-4-5-16-14(9-15)11-31(24(16)36)18-6-7-20(33)27-23(18)35/h2-5,8-10,12,18H,6-7,11H2,1H3,(H,26,34)(H,27,33,35).